The smallest absolute Gasteiger partial charge is 0.308 e. The second kappa shape index (κ2) is 4.94. The van der Waals surface area contributed by atoms with Crippen LogP contribution in [0, 0.1) is 0 Å². The predicted molar refractivity (Wildman–Crippen MR) is 50.2 cm³/mol. The summed E-state index contributed by atoms with van der Waals surface area (Å²) < 4.78 is 9.74. The van der Waals surface area contributed by atoms with Gasteiger partial charge in [0, 0.05) is 13.1 Å². The van der Waals surface area contributed by atoms with Crippen molar-refractivity contribution < 1.29 is 19.1 Å². The van der Waals surface area contributed by atoms with Crippen LogP contribution < -0.4 is 15.2 Å². The molecule has 1 aromatic heterocycles. The number of amides is 1. The van der Waals surface area contributed by atoms with Crippen molar-refractivity contribution in [2.24, 2.45) is 5.73 Å². The van der Waals surface area contributed by atoms with Gasteiger partial charge in [0.05, 0.1) is 0 Å². The van der Waals surface area contributed by atoms with Gasteiger partial charge in [0.1, 0.15) is 0 Å². The van der Waals surface area contributed by atoms with E-state index in [2.05, 4.69) is 4.98 Å². The molecule has 0 radical (unpaired) electrons. The molecule has 80 valence electrons. The number of nitrogens with two attached hydrogens (primary N) is 1. The van der Waals surface area contributed by atoms with E-state index in [-0.39, 0.29) is 18.2 Å². The van der Waals surface area contributed by atoms with Crippen LogP contribution in [-0.4, -0.2) is 23.5 Å². The van der Waals surface area contributed by atoms with E-state index in [1.807, 2.05) is 0 Å². The molecule has 2 N–H and O–H groups in total. The van der Waals surface area contributed by atoms with Gasteiger partial charge in [0.15, 0.2) is 12.4 Å². The molecule has 0 unspecified atom stereocenters. The standard InChI is InChI=1S/C9H10N2O4/c1-6(12)15-7-3-2-4-11-9(7)14-5-8(10)13/h2-4H,5H2,1H3,(H2,10,13). The largest absolute Gasteiger partial charge is 0.465 e. The Morgan fingerprint density at radius 1 is 1.53 bits per heavy atom. The number of aromatic nitrogens is 1. The molecule has 1 aromatic rings. The fourth-order valence-corrected chi connectivity index (χ4v) is 0.856. The first-order valence-corrected chi connectivity index (χ1v) is 4.14. The number of esters is 1. The average molecular weight is 210 g/mol. The Bertz CT molecular complexity index is 378. The van der Waals surface area contributed by atoms with Crippen molar-refractivity contribution in [2.45, 2.75) is 6.92 Å². The van der Waals surface area contributed by atoms with Crippen LogP contribution in [0.2, 0.25) is 0 Å². The van der Waals surface area contributed by atoms with Crippen molar-refractivity contribution in [3.05, 3.63) is 18.3 Å². The number of hydrogen-bond donors (Lipinski definition) is 1. The normalized spacial score (nSPS) is 9.40. The Morgan fingerprint density at radius 3 is 2.87 bits per heavy atom. The number of primary amides is 1. The fourth-order valence-electron chi connectivity index (χ4n) is 0.856. The first-order chi connectivity index (χ1) is 7.09. The van der Waals surface area contributed by atoms with E-state index in [1.165, 1.54) is 19.2 Å². The van der Waals surface area contributed by atoms with Crippen LogP contribution in [-0.2, 0) is 9.59 Å². The molecule has 0 fully saturated rings. The van der Waals surface area contributed by atoms with Crippen LogP contribution in [0.1, 0.15) is 6.92 Å². The quantitative estimate of drug-likeness (QED) is 0.699. The fraction of sp³-hybridized carbons (Fsp3) is 0.222. The number of rotatable bonds is 4. The molecular formula is C9H10N2O4. The summed E-state index contributed by atoms with van der Waals surface area (Å²) in [5.74, 6) is -0.904. The van der Waals surface area contributed by atoms with Gasteiger partial charge in [-0.2, -0.15) is 0 Å². The highest BCUT2D eigenvalue weighted by Crippen LogP contribution is 2.23. The molecule has 0 saturated carbocycles. The molecule has 6 heteroatoms. The topological polar surface area (TPSA) is 91.5 Å². The predicted octanol–water partition coefficient (Wildman–Crippen LogP) is -0.129. The van der Waals surface area contributed by atoms with E-state index in [0.717, 1.165) is 0 Å². The summed E-state index contributed by atoms with van der Waals surface area (Å²) in [4.78, 5) is 25.0. The maximum absolute atomic E-state index is 10.7. The van der Waals surface area contributed by atoms with E-state index < -0.39 is 11.9 Å². The highest BCUT2D eigenvalue weighted by atomic mass is 16.6. The van der Waals surface area contributed by atoms with E-state index in [1.54, 1.807) is 6.07 Å². The zero-order chi connectivity index (χ0) is 11.3. The van der Waals surface area contributed by atoms with Gasteiger partial charge < -0.3 is 15.2 Å². The summed E-state index contributed by atoms with van der Waals surface area (Å²) in [5.41, 5.74) is 4.89. The van der Waals surface area contributed by atoms with Gasteiger partial charge in [-0.1, -0.05) is 0 Å². The van der Waals surface area contributed by atoms with Crippen LogP contribution in [0.4, 0.5) is 0 Å². The first kappa shape index (κ1) is 11.0. The maximum Gasteiger partial charge on any atom is 0.308 e. The molecule has 1 rings (SSSR count). The SMILES string of the molecule is CC(=O)Oc1cccnc1OCC(N)=O. The molecule has 0 aliphatic rings. The number of carbonyl (C=O) groups is 2. The van der Waals surface area contributed by atoms with Crippen LogP contribution in [0.3, 0.4) is 0 Å². The van der Waals surface area contributed by atoms with Gasteiger partial charge in [-0.05, 0) is 12.1 Å². The lowest BCUT2D eigenvalue weighted by Crippen LogP contribution is -2.20. The van der Waals surface area contributed by atoms with Gasteiger partial charge >= 0.3 is 5.97 Å². The monoisotopic (exact) mass is 210 g/mol. The highest BCUT2D eigenvalue weighted by molar-refractivity contribution is 5.75. The Kier molecular flexibility index (Phi) is 3.61. The minimum absolute atomic E-state index is 0.0616. The summed E-state index contributed by atoms with van der Waals surface area (Å²) in [7, 11) is 0. The summed E-state index contributed by atoms with van der Waals surface area (Å²) >= 11 is 0. The lowest BCUT2D eigenvalue weighted by atomic mass is 10.4. The highest BCUT2D eigenvalue weighted by Gasteiger charge is 2.08. The van der Waals surface area contributed by atoms with Gasteiger partial charge in [-0.25, -0.2) is 4.98 Å². The molecule has 0 aliphatic carbocycles. The van der Waals surface area contributed by atoms with E-state index in [4.69, 9.17) is 15.2 Å². The molecule has 1 amide bonds. The number of pyridine rings is 1. The lowest BCUT2D eigenvalue weighted by molar-refractivity contribution is -0.132. The molecule has 0 aliphatic heterocycles. The second-order valence-corrected chi connectivity index (χ2v) is 2.66. The Hall–Kier alpha value is -2.11. The number of nitrogens with zero attached hydrogens (tertiary/aromatic N) is 1. The van der Waals surface area contributed by atoms with Gasteiger partial charge in [0.25, 0.3) is 11.8 Å². The third-order valence-electron chi connectivity index (χ3n) is 1.34. The van der Waals surface area contributed by atoms with Crippen molar-refractivity contribution in [2.75, 3.05) is 6.61 Å². The van der Waals surface area contributed by atoms with Crippen molar-refractivity contribution in [1.82, 2.24) is 4.98 Å². The number of carbonyl (C=O) groups excluding carboxylic acids is 2. The second-order valence-electron chi connectivity index (χ2n) is 2.66. The number of ether oxygens (including phenoxy) is 2. The van der Waals surface area contributed by atoms with Gasteiger partial charge in [0.2, 0.25) is 0 Å². The van der Waals surface area contributed by atoms with Gasteiger partial charge in [-0.3, -0.25) is 9.59 Å². The summed E-state index contributed by atoms with van der Waals surface area (Å²) in [6, 6.07) is 3.08. The third-order valence-corrected chi connectivity index (χ3v) is 1.34. The minimum Gasteiger partial charge on any atom is -0.465 e. The Morgan fingerprint density at radius 2 is 2.27 bits per heavy atom. The van der Waals surface area contributed by atoms with E-state index in [0.29, 0.717) is 0 Å². The van der Waals surface area contributed by atoms with Crippen molar-refractivity contribution in [3.8, 4) is 11.6 Å². The Labute approximate surface area is 86.0 Å². The van der Waals surface area contributed by atoms with Crippen LogP contribution in [0.25, 0.3) is 0 Å². The average Bonchev–Trinajstić information content (AvgIpc) is 2.15. The van der Waals surface area contributed by atoms with Crippen molar-refractivity contribution in [3.63, 3.8) is 0 Å². The van der Waals surface area contributed by atoms with Crippen molar-refractivity contribution in [1.29, 1.82) is 0 Å². The molecule has 0 atom stereocenters. The minimum atomic E-state index is -0.630. The molecule has 6 nitrogen and oxygen atoms in total. The zero-order valence-electron chi connectivity index (χ0n) is 8.10. The molecule has 0 aromatic carbocycles. The van der Waals surface area contributed by atoms with Gasteiger partial charge in [-0.15, -0.1) is 0 Å². The van der Waals surface area contributed by atoms with Crippen LogP contribution in [0.15, 0.2) is 18.3 Å². The summed E-state index contributed by atoms with van der Waals surface area (Å²) in [6.07, 6.45) is 1.45. The van der Waals surface area contributed by atoms with E-state index in [9.17, 15) is 9.59 Å². The molecular weight excluding hydrogens is 200 g/mol. The van der Waals surface area contributed by atoms with Crippen LogP contribution in [0.5, 0.6) is 11.6 Å². The molecule has 0 spiro atoms. The molecule has 0 saturated heterocycles. The molecule has 0 bridgehead atoms. The van der Waals surface area contributed by atoms with Crippen LogP contribution >= 0.6 is 0 Å². The zero-order valence-corrected chi connectivity index (χ0v) is 8.10. The lowest BCUT2D eigenvalue weighted by Gasteiger charge is -2.07. The van der Waals surface area contributed by atoms with E-state index >= 15 is 0 Å². The molecule has 15 heavy (non-hydrogen) atoms. The maximum atomic E-state index is 10.7. The molecule has 1 heterocycles. The van der Waals surface area contributed by atoms with Crippen molar-refractivity contribution >= 4 is 11.9 Å². The Balaban J connectivity index is 2.76. The summed E-state index contributed by atoms with van der Waals surface area (Å²) in [5, 5.41) is 0. The third kappa shape index (κ3) is 3.63. The summed E-state index contributed by atoms with van der Waals surface area (Å²) in [6.45, 7) is 0.941. The number of hydrogen-bond acceptors (Lipinski definition) is 5. The first-order valence-electron chi connectivity index (χ1n) is 4.14.